The molecule has 1 heterocycles. The van der Waals surface area contributed by atoms with Crippen LogP contribution in [0.1, 0.15) is 25.5 Å². The second-order valence-corrected chi connectivity index (χ2v) is 7.84. The summed E-state index contributed by atoms with van der Waals surface area (Å²) in [6, 6.07) is 6.95. The third-order valence-electron chi connectivity index (χ3n) is 3.90. The van der Waals surface area contributed by atoms with Crippen LogP contribution in [-0.4, -0.2) is 44.0 Å². The van der Waals surface area contributed by atoms with E-state index >= 15 is 0 Å². The van der Waals surface area contributed by atoms with Gasteiger partial charge in [0.05, 0.1) is 32.8 Å². The van der Waals surface area contributed by atoms with E-state index in [2.05, 4.69) is 24.4 Å². The van der Waals surface area contributed by atoms with Crippen molar-refractivity contribution in [2.45, 2.75) is 26.2 Å². The predicted molar refractivity (Wildman–Crippen MR) is 111 cm³/mol. The van der Waals surface area contributed by atoms with Crippen molar-refractivity contribution in [1.82, 2.24) is 4.98 Å². The number of quaternary nitrogens is 1. The van der Waals surface area contributed by atoms with Gasteiger partial charge in [0.15, 0.2) is 5.13 Å². The molecule has 1 aromatic heterocycles. The minimum Gasteiger partial charge on any atom is -0.340 e. The van der Waals surface area contributed by atoms with Gasteiger partial charge in [0.1, 0.15) is 0 Å². The maximum Gasteiger partial charge on any atom is 0.230 e. The number of carbonyl (C=O) groups is 2. The van der Waals surface area contributed by atoms with Crippen molar-refractivity contribution >= 4 is 45.6 Å². The highest BCUT2D eigenvalue weighted by molar-refractivity contribution is 7.14. The standard InChI is InChI=1S/C19H25ClN4O2S/c1-4-18(26)24(11-5-10-23(2)3)19-22-16(13-27-19)12-17(25)21-15-8-6-14(20)7-9-15/h6-9,13H,4-5,10-12H2,1-3H3,(H,21,25)/p+1. The summed E-state index contributed by atoms with van der Waals surface area (Å²) >= 11 is 7.25. The largest absolute Gasteiger partial charge is 0.340 e. The number of hydrogen-bond donors (Lipinski definition) is 2. The van der Waals surface area contributed by atoms with Crippen LogP contribution in [0.15, 0.2) is 29.6 Å². The van der Waals surface area contributed by atoms with Crippen LogP contribution in [0.25, 0.3) is 0 Å². The molecular weight excluding hydrogens is 384 g/mol. The normalized spacial score (nSPS) is 10.9. The zero-order chi connectivity index (χ0) is 19.8. The molecule has 0 aliphatic rings. The van der Waals surface area contributed by atoms with E-state index in [1.54, 1.807) is 29.2 Å². The summed E-state index contributed by atoms with van der Waals surface area (Å²) in [6.45, 7) is 3.47. The Labute approximate surface area is 169 Å². The van der Waals surface area contributed by atoms with Gasteiger partial charge in [0, 0.05) is 35.5 Å². The fourth-order valence-corrected chi connectivity index (χ4v) is 3.51. The van der Waals surface area contributed by atoms with Crippen molar-refractivity contribution in [3.63, 3.8) is 0 Å². The molecule has 6 nitrogen and oxygen atoms in total. The van der Waals surface area contributed by atoms with Crippen LogP contribution >= 0.6 is 22.9 Å². The smallest absolute Gasteiger partial charge is 0.230 e. The summed E-state index contributed by atoms with van der Waals surface area (Å²) in [7, 11) is 4.18. The lowest BCUT2D eigenvalue weighted by Gasteiger charge is -2.19. The quantitative estimate of drug-likeness (QED) is 0.667. The Morgan fingerprint density at radius 2 is 1.96 bits per heavy atom. The minimum absolute atomic E-state index is 0.0512. The number of aromatic nitrogens is 1. The summed E-state index contributed by atoms with van der Waals surface area (Å²) in [4.78, 5) is 32.1. The molecule has 1 aromatic carbocycles. The van der Waals surface area contributed by atoms with Crippen LogP contribution in [0, 0.1) is 0 Å². The first-order valence-electron chi connectivity index (χ1n) is 8.98. The molecular formula is C19H26ClN4O2S+. The molecule has 0 radical (unpaired) electrons. The molecule has 0 atom stereocenters. The first-order valence-corrected chi connectivity index (χ1v) is 10.2. The van der Waals surface area contributed by atoms with E-state index in [0.717, 1.165) is 13.0 Å². The van der Waals surface area contributed by atoms with Gasteiger partial charge in [-0.25, -0.2) is 4.98 Å². The second kappa shape index (κ2) is 10.4. The van der Waals surface area contributed by atoms with Crippen LogP contribution in [0.5, 0.6) is 0 Å². The highest BCUT2D eigenvalue weighted by atomic mass is 35.5. The van der Waals surface area contributed by atoms with Crippen molar-refractivity contribution in [1.29, 1.82) is 0 Å². The number of hydrogen-bond acceptors (Lipinski definition) is 4. The van der Waals surface area contributed by atoms with Gasteiger partial charge >= 0.3 is 0 Å². The third-order valence-corrected chi connectivity index (χ3v) is 5.07. The summed E-state index contributed by atoms with van der Waals surface area (Å²) in [5.74, 6) is -0.103. The third kappa shape index (κ3) is 6.93. The number of anilines is 2. The number of benzene rings is 1. The predicted octanol–water partition coefficient (Wildman–Crippen LogP) is 2.26. The molecule has 0 spiro atoms. The van der Waals surface area contributed by atoms with E-state index in [0.29, 0.717) is 34.5 Å². The summed E-state index contributed by atoms with van der Waals surface area (Å²) in [6.07, 6.45) is 1.50. The zero-order valence-electron chi connectivity index (χ0n) is 15.9. The van der Waals surface area contributed by atoms with E-state index in [1.807, 2.05) is 12.3 Å². The van der Waals surface area contributed by atoms with Gasteiger partial charge in [-0.15, -0.1) is 11.3 Å². The van der Waals surface area contributed by atoms with Gasteiger partial charge < -0.3 is 10.2 Å². The number of rotatable bonds is 9. The lowest BCUT2D eigenvalue weighted by atomic mass is 10.3. The molecule has 8 heteroatoms. The van der Waals surface area contributed by atoms with E-state index in [-0.39, 0.29) is 18.2 Å². The average Bonchev–Trinajstić information content (AvgIpc) is 3.07. The number of amides is 2. The van der Waals surface area contributed by atoms with Crippen molar-refractivity contribution in [3.05, 3.63) is 40.4 Å². The van der Waals surface area contributed by atoms with Gasteiger partial charge in [0.2, 0.25) is 11.8 Å². The van der Waals surface area contributed by atoms with Crippen molar-refractivity contribution in [2.75, 3.05) is 37.4 Å². The molecule has 0 saturated heterocycles. The molecule has 0 aliphatic heterocycles. The van der Waals surface area contributed by atoms with E-state index in [1.165, 1.54) is 16.2 Å². The Hall–Kier alpha value is -1.96. The van der Waals surface area contributed by atoms with Gasteiger partial charge in [0.25, 0.3) is 0 Å². The molecule has 0 bridgehead atoms. The van der Waals surface area contributed by atoms with Crippen molar-refractivity contribution in [3.8, 4) is 0 Å². The summed E-state index contributed by atoms with van der Waals surface area (Å²) < 4.78 is 0. The van der Waals surface area contributed by atoms with Crippen LogP contribution in [0.2, 0.25) is 5.02 Å². The van der Waals surface area contributed by atoms with Gasteiger partial charge in [-0.1, -0.05) is 18.5 Å². The number of thiazole rings is 1. The molecule has 0 aliphatic carbocycles. The Bertz CT molecular complexity index is 761. The second-order valence-electron chi connectivity index (χ2n) is 6.56. The number of carbonyl (C=O) groups excluding carboxylic acids is 2. The van der Waals surface area contributed by atoms with Crippen LogP contribution < -0.4 is 15.1 Å². The highest BCUT2D eigenvalue weighted by Crippen LogP contribution is 2.22. The van der Waals surface area contributed by atoms with E-state index < -0.39 is 0 Å². The molecule has 2 N–H and O–H groups in total. The first-order chi connectivity index (χ1) is 12.9. The van der Waals surface area contributed by atoms with E-state index in [4.69, 9.17) is 11.6 Å². The van der Waals surface area contributed by atoms with Gasteiger partial charge in [-0.3, -0.25) is 14.5 Å². The highest BCUT2D eigenvalue weighted by Gasteiger charge is 2.18. The van der Waals surface area contributed by atoms with Crippen molar-refractivity contribution in [2.24, 2.45) is 0 Å². The lowest BCUT2D eigenvalue weighted by molar-refractivity contribution is -0.858. The first kappa shape index (κ1) is 21.3. The Kier molecular flexibility index (Phi) is 8.22. The van der Waals surface area contributed by atoms with Gasteiger partial charge in [-0.2, -0.15) is 0 Å². The monoisotopic (exact) mass is 409 g/mol. The minimum atomic E-state index is -0.154. The number of halogens is 1. The zero-order valence-corrected chi connectivity index (χ0v) is 17.5. The van der Waals surface area contributed by atoms with Crippen LogP contribution in [0.3, 0.4) is 0 Å². The molecule has 2 aromatic rings. The molecule has 0 unspecified atom stereocenters. The van der Waals surface area contributed by atoms with Gasteiger partial charge in [-0.05, 0) is 24.3 Å². The Balaban J connectivity index is 1.98. The summed E-state index contributed by atoms with van der Waals surface area (Å²) in [5, 5.41) is 5.93. The fourth-order valence-electron chi connectivity index (χ4n) is 2.51. The van der Waals surface area contributed by atoms with E-state index in [9.17, 15) is 9.59 Å². The maximum absolute atomic E-state index is 12.3. The SMILES string of the molecule is CCC(=O)N(CCC[NH+](C)C)c1nc(CC(=O)Nc2ccc(Cl)cc2)cs1. The number of nitrogens with zero attached hydrogens (tertiary/aromatic N) is 2. The van der Waals surface area contributed by atoms with Crippen LogP contribution in [0.4, 0.5) is 10.8 Å². The Morgan fingerprint density at radius 1 is 1.26 bits per heavy atom. The lowest BCUT2D eigenvalue weighted by Crippen LogP contribution is -3.05. The maximum atomic E-state index is 12.3. The fraction of sp³-hybridized carbons (Fsp3) is 0.421. The molecule has 2 rings (SSSR count). The molecule has 27 heavy (non-hydrogen) atoms. The molecule has 0 fully saturated rings. The topological polar surface area (TPSA) is 66.7 Å². The average molecular weight is 410 g/mol. The Morgan fingerprint density at radius 3 is 2.59 bits per heavy atom. The van der Waals surface area contributed by atoms with Crippen LogP contribution in [-0.2, 0) is 16.0 Å². The molecule has 0 saturated carbocycles. The molecule has 2 amide bonds. The summed E-state index contributed by atoms with van der Waals surface area (Å²) in [5.41, 5.74) is 1.35. The number of nitrogens with one attached hydrogen (secondary N) is 2. The van der Waals surface area contributed by atoms with Crippen molar-refractivity contribution < 1.29 is 14.5 Å². The molecule has 146 valence electrons.